The second-order valence-corrected chi connectivity index (χ2v) is 7.47. The quantitative estimate of drug-likeness (QED) is 0.435. The topological polar surface area (TPSA) is 97.4 Å². The summed E-state index contributed by atoms with van der Waals surface area (Å²) in [7, 11) is 1.39. The highest BCUT2D eigenvalue weighted by molar-refractivity contribution is 8.01. The Morgan fingerprint density at radius 2 is 2.08 bits per heavy atom. The number of imide groups is 1. The molecule has 0 fully saturated rings. The van der Waals surface area contributed by atoms with Crippen molar-refractivity contribution in [3.05, 3.63) is 24.3 Å². The minimum absolute atomic E-state index is 0.204. The summed E-state index contributed by atoms with van der Waals surface area (Å²) in [4.78, 5) is 38.9. The minimum Gasteiger partial charge on any atom is -0.453 e. The third kappa shape index (κ3) is 6.02. The molecule has 1 heterocycles. The van der Waals surface area contributed by atoms with Crippen molar-refractivity contribution in [1.29, 1.82) is 0 Å². The highest BCUT2D eigenvalue weighted by Gasteiger charge is 2.19. The normalized spacial score (nSPS) is 11.8. The molecule has 0 spiro atoms. The molecule has 0 aliphatic rings. The fraction of sp³-hybridized carbons (Fsp3) is 0.375. The van der Waals surface area contributed by atoms with Crippen LogP contribution in [0.1, 0.15) is 19.8 Å². The molecule has 7 nitrogen and oxygen atoms in total. The molecule has 0 unspecified atom stereocenters. The summed E-state index contributed by atoms with van der Waals surface area (Å²) in [6.07, 6.45) is -0.194. The van der Waals surface area contributed by atoms with Crippen molar-refractivity contribution in [2.75, 3.05) is 12.8 Å². The van der Waals surface area contributed by atoms with Gasteiger partial charge in [-0.05, 0) is 25.5 Å². The number of thiazole rings is 1. The van der Waals surface area contributed by atoms with E-state index in [1.54, 1.807) is 23.1 Å². The predicted octanol–water partition coefficient (Wildman–Crippen LogP) is 2.56. The minimum atomic E-state index is -1.01. The predicted molar refractivity (Wildman–Crippen MR) is 97.7 cm³/mol. The molecule has 0 bridgehead atoms. The molecule has 25 heavy (non-hydrogen) atoms. The van der Waals surface area contributed by atoms with E-state index in [2.05, 4.69) is 15.6 Å². The smallest absolute Gasteiger partial charge is 0.321 e. The maximum Gasteiger partial charge on any atom is 0.321 e. The number of urea groups is 1. The van der Waals surface area contributed by atoms with Crippen molar-refractivity contribution in [1.82, 2.24) is 15.6 Å². The van der Waals surface area contributed by atoms with Crippen LogP contribution >= 0.6 is 23.1 Å². The Morgan fingerprint density at radius 1 is 1.32 bits per heavy atom. The molecular formula is C16H19N3O4S2. The van der Waals surface area contributed by atoms with Crippen LogP contribution in [0.15, 0.2) is 28.6 Å². The molecule has 1 aromatic heterocycles. The third-order valence-corrected chi connectivity index (χ3v) is 5.43. The molecule has 9 heteroatoms. The molecule has 2 N–H and O–H groups in total. The molecule has 0 aliphatic heterocycles. The molecule has 1 aromatic carbocycles. The number of nitrogens with one attached hydrogen (secondary N) is 2. The highest BCUT2D eigenvalue weighted by Crippen LogP contribution is 2.29. The second-order valence-electron chi connectivity index (χ2n) is 5.10. The number of para-hydroxylation sites is 1. The number of hydrogen-bond acceptors (Lipinski definition) is 7. The number of hydrogen-bond donors (Lipinski definition) is 2. The van der Waals surface area contributed by atoms with Crippen LogP contribution in [-0.2, 0) is 14.3 Å². The first-order valence-corrected chi connectivity index (χ1v) is 9.50. The maximum atomic E-state index is 11.7. The summed E-state index contributed by atoms with van der Waals surface area (Å²) >= 11 is 3.22. The Balaban J connectivity index is 1.68. The number of nitrogens with zero attached hydrogens (tertiary/aromatic N) is 1. The molecule has 134 valence electrons. The summed E-state index contributed by atoms with van der Waals surface area (Å²) in [5, 5.41) is 4.31. The van der Waals surface area contributed by atoms with Gasteiger partial charge in [-0.3, -0.25) is 14.9 Å². The molecule has 0 aliphatic carbocycles. The van der Waals surface area contributed by atoms with Gasteiger partial charge in [-0.2, -0.15) is 0 Å². The number of thioether (sulfide) groups is 1. The zero-order valence-corrected chi connectivity index (χ0v) is 15.5. The van der Waals surface area contributed by atoms with E-state index in [1.807, 2.05) is 24.3 Å². The van der Waals surface area contributed by atoms with Crippen LogP contribution in [0.25, 0.3) is 10.2 Å². The van der Waals surface area contributed by atoms with Gasteiger partial charge in [0.25, 0.3) is 5.91 Å². The van der Waals surface area contributed by atoms with Gasteiger partial charge in [-0.15, -0.1) is 11.3 Å². The number of esters is 1. The first kappa shape index (κ1) is 19.2. The standard InChI is InChI=1S/C16H19N3O4S2/c1-10(14(21)19-15(22)17-2)23-13(20)8-5-9-24-16-18-11-6-3-4-7-12(11)25-16/h3-4,6-7,10H,5,8-9H2,1-2H3,(H2,17,19,21,22)/t10-/m1/s1. The van der Waals surface area contributed by atoms with E-state index in [9.17, 15) is 14.4 Å². The average molecular weight is 381 g/mol. The molecular weight excluding hydrogens is 362 g/mol. The number of amides is 3. The van der Waals surface area contributed by atoms with E-state index in [4.69, 9.17) is 4.74 Å². The van der Waals surface area contributed by atoms with Crippen LogP contribution in [0, 0.1) is 0 Å². The molecule has 0 radical (unpaired) electrons. The van der Waals surface area contributed by atoms with Crippen LogP contribution in [0.3, 0.4) is 0 Å². The van der Waals surface area contributed by atoms with E-state index in [-0.39, 0.29) is 6.42 Å². The van der Waals surface area contributed by atoms with Crippen LogP contribution in [-0.4, -0.2) is 41.8 Å². The van der Waals surface area contributed by atoms with Crippen LogP contribution in [0.5, 0.6) is 0 Å². The van der Waals surface area contributed by atoms with Crippen molar-refractivity contribution in [3.63, 3.8) is 0 Å². The summed E-state index contributed by atoms with van der Waals surface area (Å²) in [5.41, 5.74) is 0.977. The molecule has 1 atom stereocenters. The Hall–Kier alpha value is -2.13. The van der Waals surface area contributed by atoms with Gasteiger partial charge in [0.15, 0.2) is 10.4 Å². The number of aromatic nitrogens is 1. The fourth-order valence-corrected chi connectivity index (χ4v) is 3.95. The molecule has 2 rings (SSSR count). The Kier molecular flexibility index (Phi) is 7.20. The monoisotopic (exact) mass is 381 g/mol. The fourth-order valence-electron chi connectivity index (χ4n) is 1.87. The first-order valence-electron chi connectivity index (χ1n) is 7.70. The van der Waals surface area contributed by atoms with Crippen LogP contribution in [0.4, 0.5) is 4.79 Å². The second kappa shape index (κ2) is 9.38. The third-order valence-electron chi connectivity index (χ3n) is 3.17. The average Bonchev–Trinajstić information content (AvgIpc) is 3.01. The van der Waals surface area contributed by atoms with Crippen molar-refractivity contribution in [2.24, 2.45) is 0 Å². The lowest BCUT2D eigenvalue weighted by molar-refractivity contribution is -0.154. The van der Waals surface area contributed by atoms with E-state index in [0.717, 1.165) is 20.3 Å². The summed E-state index contributed by atoms with van der Waals surface area (Å²) in [6.45, 7) is 1.42. The van der Waals surface area contributed by atoms with Crippen LogP contribution < -0.4 is 10.6 Å². The maximum absolute atomic E-state index is 11.7. The van der Waals surface area contributed by atoms with E-state index < -0.39 is 24.0 Å². The lowest BCUT2D eigenvalue weighted by atomic mass is 10.3. The van der Waals surface area contributed by atoms with Gasteiger partial charge in [0, 0.05) is 19.2 Å². The Morgan fingerprint density at radius 3 is 2.80 bits per heavy atom. The van der Waals surface area contributed by atoms with Crippen molar-refractivity contribution >= 4 is 51.2 Å². The number of carbonyl (C=O) groups excluding carboxylic acids is 3. The number of ether oxygens (including phenoxy) is 1. The highest BCUT2D eigenvalue weighted by atomic mass is 32.2. The van der Waals surface area contributed by atoms with E-state index in [1.165, 1.54) is 14.0 Å². The van der Waals surface area contributed by atoms with Gasteiger partial charge in [-0.25, -0.2) is 9.78 Å². The molecule has 3 amide bonds. The largest absolute Gasteiger partial charge is 0.453 e. The first-order chi connectivity index (χ1) is 12.0. The summed E-state index contributed by atoms with van der Waals surface area (Å²) in [5.74, 6) is -0.394. The van der Waals surface area contributed by atoms with Gasteiger partial charge < -0.3 is 10.1 Å². The number of carbonyl (C=O) groups is 3. The number of fused-ring (bicyclic) bond motifs is 1. The lowest BCUT2D eigenvalue weighted by Gasteiger charge is -2.12. The van der Waals surface area contributed by atoms with Crippen molar-refractivity contribution in [2.45, 2.75) is 30.2 Å². The SMILES string of the molecule is CNC(=O)NC(=O)[C@@H](C)OC(=O)CCCSc1nc2ccccc2s1. The lowest BCUT2D eigenvalue weighted by Crippen LogP contribution is -2.43. The number of rotatable bonds is 7. The number of benzene rings is 1. The van der Waals surface area contributed by atoms with E-state index >= 15 is 0 Å². The van der Waals surface area contributed by atoms with Gasteiger partial charge in [-0.1, -0.05) is 23.9 Å². The van der Waals surface area contributed by atoms with Gasteiger partial charge in [0.2, 0.25) is 0 Å². The zero-order chi connectivity index (χ0) is 18.2. The van der Waals surface area contributed by atoms with E-state index in [0.29, 0.717) is 6.42 Å². The zero-order valence-electron chi connectivity index (χ0n) is 13.9. The van der Waals surface area contributed by atoms with Gasteiger partial charge >= 0.3 is 12.0 Å². The van der Waals surface area contributed by atoms with Crippen molar-refractivity contribution in [3.8, 4) is 0 Å². The van der Waals surface area contributed by atoms with Gasteiger partial charge in [0.05, 0.1) is 10.2 Å². The Bertz CT molecular complexity index is 730. The summed E-state index contributed by atoms with van der Waals surface area (Å²) < 4.78 is 7.11. The van der Waals surface area contributed by atoms with Crippen molar-refractivity contribution < 1.29 is 19.1 Å². The molecule has 2 aromatic rings. The summed E-state index contributed by atoms with van der Waals surface area (Å²) in [6, 6.07) is 7.29. The van der Waals surface area contributed by atoms with Crippen LogP contribution in [0.2, 0.25) is 0 Å². The Labute approximate surface area is 153 Å². The molecule has 0 saturated heterocycles. The molecule has 0 saturated carbocycles. The van der Waals surface area contributed by atoms with Gasteiger partial charge in [0.1, 0.15) is 0 Å².